The maximum absolute atomic E-state index is 9.70. The van der Waals surface area contributed by atoms with Crippen molar-refractivity contribution in [3.63, 3.8) is 0 Å². The lowest BCUT2D eigenvalue weighted by molar-refractivity contribution is -0.141. The van der Waals surface area contributed by atoms with Crippen molar-refractivity contribution in [3.05, 3.63) is 25.3 Å². The number of imidazole rings is 1. The molecule has 0 aromatic carbocycles. The number of hydrogen-bond acceptors (Lipinski definition) is 7. The molecule has 0 amide bonds. The Bertz CT molecular complexity index is 757. The van der Waals surface area contributed by atoms with Gasteiger partial charge in [-0.15, -0.1) is 6.58 Å². The van der Waals surface area contributed by atoms with Gasteiger partial charge in [0.1, 0.15) is 12.6 Å². The Kier molecular flexibility index (Phi) is 5.14. The van der Waals surface area contributed by atoms with Crippen molar-refractivity contribution < 1.29 is 9.84 Å². The number of ether oxygens (including phenoxy) is 1. The molecule has 1 aliphatic carbocycles. The van der Waals surface area contributed by atoms with E-state index in [1.165, 1.54) is 32.0 Å². The molecule has 1 saturated carbocycles. The van der Waals surface area contributed by atoms with Crippen molar-refractivity contribution in [3.8, 4) is 0 Å². The third kappa shape index (κ3) is 3.32. The molecule has 2 aromatic rings. The van der Waals surface area contributed by atoms with Crippen molar-refractivity contribution in [1.82, 2.24) is 24.4 Å². The van der Waals surface area contributed by atoms with Crippen LogP contribution in [0.5, 0.6) is 0 Å². The van der Waals surface area contributed by atoms with Crippen LogP contribution < -0.4 is 5.32 Å². The fourth-order valence-corrected chi connectivity index (χ4v) is 4.03. The van der Waals surface area contributed by atoms with E-state index in [1.807, 2.05) is 4.57 Å². The van der Waals surface area contributed by atoms with Gasteiger partial charge in [0.05, 0.1) is 19.0 Å². The van der Waals surface area contributed by atoms with E-state index in [0.29, 0.717) is 18.4 Å². The van der Waals surface area contributed by atoms with E-state index in [2.05, 4.69) is 31.7 Å². The first kappa shape index (κ1) is 17.4. The molecule has 8 nitrogen and oxygen atoms in total. The summed E-state index contributed by atoms with van der Waals surface area (Å²) in [4.78, 5) is 15.7. The number of nitrogens with one attached hydrogen (secondary N) is 1. The predicted molar refractivity (Wildman–Crippen MR) is 98.8 cm³/mol. The van der Waals surface area contributed by atoms with Gasteiger partial charge in [0.15, 0.2) is 17.0 Å². The molecule has 26 heavy (non-hydrogen) atoms. The molecule has 2 atom stereocenters. The second kappa shape index (κ2) is 7.69. The summed E-state index contributed by atoms with van der Waals surface area (Å²) >= 11 is 0. The zero-order valence-electron chi connectivity index (χ0n) is 14.9. The van der Waals surface area contributed by atoms with Crippen molar-refractivity contribution in [2.45, 2.75) is 44.1 Å². The Morgan fingerprint density at radius 1 is 1.27 bits per heavy atom. The summed E-state index contributed by atoms with van der Waals surface area (Å²) in [7, 11) is 0. The Morgan fingerprint density at radius 3 is 2.88 bits per heavy atom. The maximum atomic E-state index is 9.70. The number of rotatable bonds is 6. The van der Waals surface area contributed by atoms with Crippen LogP contribution in [0.25, 0.3) is 11.2 Å². The minimum Gasteiger partial charge on any atom is -0.394 e. The number of morpholine rings is 1. The molecule has 8 heteroatoms. The SMILES string of the molecule is C=CCNc1ncnc2c1ncn2[C@H]1CN(C2CCCC2)C[C@@H](CO)O1. The van der Waals surface area contributed by atoms with Gasteiger partial charge in [-0.2, -0.15) is 0 Å². The van der Waals surface area contributed by atoms with Gasteiger partial charge < -0.3 is 15.2 Å². The zero-order chi connectivity index (χ0) is 17.9. The minimum atomic E-state index is -0.214. The number of fused-ring (bicyclic) bond motifs is 1. The fraction of sp³-hybridized carbons (Fsp3) is 0.611. The summed E-state index contributed by atoms with van der Waals surface area (Å²) in [6.45, 7) is 5.92. The van der Waals surface area contributed by atoms with Gasteiger partial charge >= 0.3 is 0 Å². The first-order chi connectivity index (χ1) is 12.8. The molecule has 4 rings (SSSR count). The standard InChI is InChI=1S/C18H26N6O2/c1-2-7-19-17-16-18(21-11-20-17)24(12-22-16)15-9-23(8-14(10-25)26-15)13-5-3-4-6-13/h2,11-15,25H,1,3-10H2,(H,19,20,21)/t14-,15+/m0/s1. The van der Waals surface area contributed by atoms with E-state index in [9.17, 15) is 5.11 Å². The van der Waals surface area contributed by atoms with Crippen LogP contribution in [0.1, 0.15) is 31.9 Å². The fourth-order valence-electron chi connectivity index (χ4n) is 4.03. The smallest absolute Gasteiger partial charge is 0.167 e. The normalized spacial score (nSPS) is 25.0. The minimum absolute atomic E-state index is 0.0213. The molecule has 2 aliphatic rings. The molecule has 0 unspecified atom stereocenters. The summed E-state index contributed by atoms with van der Waals surface area (Å²) in [6.07, 6.45) is 9.70. The van der Waals surface area contributed by atoms with Crippen LogP contribution in [0.3, 0.4) is 0 Å². The van der Waals surface area contributed by atoms with Gasteiger partial charge in [0.25, 0.3) is 0 Å². The summed E-state index contributed by atoms with van der Waals surface area (Å²) < 4.78 is 8.09. The van der Waals surface area contributed by atoms with Crippen molar-refractivity contribution in [2.24, 2.45) is 0 Å². The molecule has 1 aliphatic heterocycles. The average Bonchev–Trinajstić information content (AvgIpc) is 3.36. The van der Waals surface area contributed by atoms with E-state index in [1.54, 1.807) is 12.4 Å². The highest BCUT2D eigenvalue weighted by atomic mass is 16.5. The zero-order valence-corrected chi connectivity index (χ0v) is 14.9. The largest absolute Gasteiger partial charge is 0.394 e. The summed E-state index contributed by atoms with van der Waals surface area (Å²) in [5.74, 6) is 0.691. The Labute approximate surface area is 152 Å². The highest BCUT2D eigenvalue weighted by Gasteiger charge is 2.34. The molecule has 0 spiro atoms. The lowest BCUT2D eigenvalue weighted by atomic mass is 10.1. The first-order valence-electron chi connectivity index (χ1n) is 9.32. The highest BCUT2D eigenvalue weighted by Crippen LogP contribution is 2.30. The highest BCUT2D eigenvalue weighted by molar-refractivity contribution is 5.82. The monoisotopic (exact) mass is 358 g/mol. The molecule has 140 valence electrons. The lowest BCUT2D eigenvalue weighted by Crippen LogP contribution is -2.50. The summed E-state index contributed by atoms with van der Waals surface area (Å²) in [6, 6.07) is 0.588. The molecule has 2 fully saturated rings. The topological polar surface area (TPSA) is 88.3 Å². The van der Waals surface area contributed by atoms with E-state index < -0.39 is 0 Å². The number of aliphatic hydroxyl groups is 1. The van der Waals surface area contributed by atoms with E-state index in [-0.39, 0.29) is 18.9 Å². The van der Waals surface area contributed by atoms with Crippen LogP contribution in [-0.2, 0) is 4.74 Å². The van der Waals surface area contributed by atoms with Crippen LogP contribution in [0, 0.1) is 0 Å². The Morgan fingerprint density at radius 2 is 2.12 bits per heavy atom. The first-order valence-corrected chi connectivity index (χ1v) is 9.32. The van der Waals surface area contributed by atoms with Crippen molar-refractivity contribution in [2.75, 3.05) is 31.6 Å². The van der Waals surface area contributed by atoms with Crippen molar-refractivity contribution in [1.29, 1.82) is 0 Å². The van der Waals surface area contributed by atoms with Gasteiger partial charge in [0, 0.05) is 25.7 Å². The molecule has 3 heterocycles. The van der Waals surface area contributed by atoms with E-state index in [4.69, 9.17) is 4.74 Å². The lowest BCUT2D eigenvalue weighted by Gasteiger charge is -2.40. The second-order valence-electron chi connectivity index (χ2n) is 7.00. The number of aromatic nitrogens is 4. The van der Waals surface area contributed by atoms with Gasteiger partial charge in [-0.1, -0.05) is 18.9 Å². The molecular weight excluding hydrogens is 332 g/mol. The van der Waals surface area contributed by atoms with E-state index >= 15 is 0 Å². The van der Waals surface area contributed by atoms with Crippen molar-refractivity contribution >= 4 is 17.0 Å². The van der Waals surface area contributed by atoms with Gasteiger partial charge in [0.2, 0.25) is 0 Å². The van der Waals surface area contributed by atoms with Crippen LogP contribution >= 0.6 is 0 Å². The third-order valence-electron chi connectivity index (χ3n) is 5.31. The number of nitrogens with zero attached hydrogens (tertiary/aromatic N) is 5. The van der Waals surface area contributed by atoms with Crippen LogP contribution in [-0.4, -0.2) is 67.9 Å². The molecule has 2 aromatic heterocycles. The number of anilines is 1. The Balaban J connectivity index is 1.61. The number of aliphatic hydroxyl groups excluding tert-OH is 1. The maximum Gasteiger partial charge on any atom is 0.167 e. The van der Waals surface area contributed by atoms with Crippen LogP contribution in [0.4, 0.5) is 5.82 Å². The second-order valence-corrected chi connectivity index (χ2v) is 7.00. The molecule has 1 saturated heterocycles. The summed E-state index contributed by atoms with van der Waals surface area (Å²) in [5, 5.41) is 12.9. The quantitative estimate of drug-likeness (QED) is 0.758. The van der Waals surface area contributed by atoms with E-state index in [0.717, 1.165) is 24.3 Å². The van der Waals surface area contributed by atoms with Crippen LogP contribution in [0.2, 0.25) is 0 Å². The predicted octanol–water partition coefficient (Wildman–Crippen LogP) is 1.56. The molecule has 2 N–H and O–H groups in total. The molecule has 0 bridgehead atoms. The third-order valence-corrected chi connectivity index (χ3v) is 5.31. The summed E-state index contributed by atoms with van der Waals surface area (Å²) in [5.41, 5.74) is 1.46. The number of hydrogen-bond donors (Lipinski definition) is 2. The molecule has 0 radical (unpaired) electrons. The molecular formula is C18H26N6O2. The van der Waals surface area contributed by atoms with Crippen LogP contribution in [0.15, 0.2) is 25.3 Å². The Hall–Kier alpha value is -2.03. The van der Waals surface area contributed by atoms with Gasteiger partial charge in [-0.3, -0.25) is 9.47 Å². The van der Waals surface area contributed by atoms with Gasteiger partial charge in [-0.25, -0.2) is 15.0 Å². The average molecular weight is 358 g/mol. The van der Waals surface area contributed by atoms with Gasteiger partial charge in [-0.05, 0) is 12.8 Å².